The van der Waals surface area contributed by atoms with Crippen LogP contribution in [-0.2, 0) is 9.47 Å². The molecule has 0 unspecified atom stereocenters. The van der Waals surface area contributed by atoms with Gasteiger partial charge in [0.15, 0.2) is 0 Å². The number of carbonyl (C=O) groups excluding carboxylic acids is 2. The van der Waals surface area contributed by atoms with Crippen LogP contribution >= 0.6 is 0 Å². The van der Waals surface area contributed by atoms with Gasteiger partial charge in [-0.05, 0) is 24.3 Å². The summed E-state index contributed by atoms with van der Waals surface area (Å²) in [6.45, 7) is 3.69. The zero-order valence-corrected chi connectivity index (χ0v) is 12.8. The van der Waals surface area contributed by atoms with Crippen LogP contribution in [0.1, 0.15) is 34.6 Å². The van der Waals surface area contributed by atoms with Gasteiger partial charge in [-0.25, -0.2) is 9.59 Å². The molecule has 0 aliphatic carbocycles. The van der Waals surface area contributed by atoms with E-state index < -0.39 is 11.9 Å². The molecule has 21 heavy (non-hydrogen) atoms. The number of esters is 2. The van der Waals surface area contributed by atoms with Crippen LogP contribution < -0.4 is 0 Å². The van der Waals surface area contributed by atoms with Gasteiger partial charge in [-0.15, -0.1) is 0 Å². The van der Waals surface area contributed by atoms with E-state index in [9.17, 15) is 9.59 Å². The molecule has 1 aromatic rings. The lowest BCUT2D eigenvalue weighted by Crippen LogP contribution is -2.20. The molecule has 0 aromatic heterocycles. The maximum atomic E-state index is 11.0. The molecule has 6 nitrogen and oxygen atoms in total. The zero-order valence-electron chi connectivity index (χ0n) is 12.8. The van der Waals surface area contributed by atoms with E-state index in [4.69, 9.17) is 10.2 Å². The van der Waals surface area contributed by atoms with Gasteiger partial charge in [-0.1, -0.05) is 13.8 Å². The smallest absolute Gasteiger partial charge is 0.337 e. The molecular formula is C15H22O6. The second-order valence-corrected chi connectivity index (χ2v) is 5.04. The molecule has 0 atom stereocenters. The van der Waals surface area contributed by atoms with Crippen molar-refractivity contribution in [1.29, 1.82) is 0 Å². The van der Waals surface area contributed by atoms with Crippen LogP contribution in [0.3, 0.4) is 0 Å². The topological polar surface area (TPSA) is 93.1 Å². The van der Waals surface area contributed by atoms with Gasteiger partial charge in [0, 0.05) is 5.41 Å². The van der Waals surface area contributed by atoms with Crippen LogP contribution in [0, 0.1) is 5.41 Å². The van der Waals surface area contributed by atoms with E-state index in [0.29, 0.717) is 11.1 Å². The Kier molecular flexibility index (Phi) is 8.26. The average Bonchev–Trinajstić information content (AvgIpc) is 2.54. The lowest BCUT2D eigenvalue weighted by atomic mass is 9.97. The molecule has 0 spiro atoms. The maximum absolute atomic E-state index is 11.0. The molecule has 0 amide bonds. The summed E-state index contributed by atoms with van der Waals surface area (Å²) in [5.41, 5.74) is 0.500. The van der Waals surface area contributed by atoms with E-state index >= 15 is 0 Å². The first-order valence-corrected chi connectivity index (χ1v) is 6.29. The molecule has 0 heterocycles. The van der Waals surface area contributed by atoms with Crippen LogP contribution in [0.5, 0.6) is 0 Å². The maximum Gasteiger partial charge on any atom is 0.337 e. The molecule has 2 N–H and O–H groups in total. The minimum atomic E-state index is -0.429. The SMILES string of the molecule is CC(C)(CO)CO.COC(=O)c1ccc(C(=O)OC)cc1. The molecule has 0 bridgehead atoms. The summed E-state index contributed by atoms with van der Waals surface area (Å²) in [4.78, 5) is 22.1. The number of benzene rings is 1. The van der Waals surface area contributed by atoms with Crippen LogP contribution in [0.2, 0.25) is 0 Å². The van der Waals surface area contributed by atoms with Crippen LogP contribution in [0.4, 0.5) is 0 Å². The van der Waals surface area contributed by atoms with Gasteiger partial charge in [0.05, 0.1) is 38.6 Å². The van der Waals surface area contributed by atoms with Crippen molar-refractivity contribution >= 4 is 11.9 Å². The summed E-state index contributed by atoms with van der Waals surface area (Å²) >= 11 is 0. The normalized spacial score (nSPS) is 10.2. The zero-order chi connectivity index (χ0) is 16.5. The van der Waals surface area contributed by atoms with Gasteiger partial charge >= 0.3 is 11.9 Å². The van der Waals surface area contributed by atoms with Gasteiger partial charge in [0.2, 0.25) is 0 Å². The number of hydrogen-bond donors (Lipinski definition) is 2. The van der Waals surface area contributed by atoms with Crippen molar-refractivity contribution in [1.82, 2.24) is 0 Å². The Morgan fingerprint density at radius 2 is 1.19 bits per heavy atom. The molecule has 6 heteroatoms. The summed E-state index contributed by atoms with van der Waals surface area (Å²) in [6.07, 6.45) is 0. The van der Waals surface area contributed by atoms with E-state index in [0.717, 1.165) is 0 Å². The molecule has 0 aliphatic heterocycles. The lowest BCUT2D eigenvalue weighted by molar-refractivity contribution is 0.0586. The van der Waals surface area contributed by atoms with Crippen molar-refractivity contribution in [3.8, 4) is 0 Å². The third-order valence-corrected chi connectivity index (χ3v) is 2.58. The molecule has 0 aliphatic rings. The van der Waals surface area contributed by atoms with Gasteiger partial charge in [-0.2, -0.15) is 0 Å². The highest BCUT2D eigenvalue weighted by Gasteiger charge is 2.13. The predicted octanol–water partition coefficient (Wildman–Crippen LogP) is 1.26. The minimum absolute atomic E-state index is 0.0451. The molecule has 0 fully saturated rings. The minimum Gasteiger partial charge on any atom is -0.465 e. The van der Waals surface area contributed by atoms with Crippen molar-refractivity contribution in [3.63, 3.8) is 0 Å². The van der Waals surface area contributed by atoms with Gasteiger partial charge in [-0.3, -0.25) is 0 Å². The molecule has 118 valence electrons. The fraction of sp³-hybridized carbons (Fsp3) is 0.467. The van der Waals surface area contributed by atoms with Crippen molar-refractivity contribution in [2.24, 2.45) is 5.41 Å². The van der Waals surface area contributed by atoms with Gasteiger partial charge in [0.1, 0.15) is 0 Å². The molecule has 0 radical (unpaired) electrons. The van der Waals surface area contributed by atoms with E-state index in [-0.39, 0.29) is 18.6 Å². The molecule has 1 aromatic carbocycles. The summed E-state index contributed by atoms with van der Waals surface area (Å²) in [6, 6.07) is 6.05. The molecule has 1 rings (SSSR count). The Morgan fingerprint density at radius 1 is 0.905 bits per heavy atom. The predicted molar refractivity (Wildman–Crippen MR) is 77.1 cm³/mol. The van der Waals surface area contributed by atoms with Crippen LogP contribution in [0.25, 0.3) is 0 Å². The largest absolute Gasteiger partial charge is 0.465 e. The second kappa shape index (κ2) is 9.10. The fourth-order valence-electron chi connectivity index (χ4n) is 1.03. The van der Waals surface area contributed by atoms with Crippen molar-refractivity contribution in [2.75, 3.05) is 27.4 Å². The van der Waals surface area contributed by atoms with E-state index in [1.165, 1.54) is 38.5 Å². The monoisotopic (exact) mass is 298 g/mol. The Morgan fingerprint density at radius 3 is 1.33 bits per heavy atom. The third-order valence-electron chi connectivity index (χ3n) is 2.58. The summed E-state index contributed by atoms with van der Waals surface area (Å²) in [7, 11) is 2.60. The number of aliphatic hydroxyl groups excluding tert-OH is 2. The Balaban J connectivity index is 0.000000486. The number of methoxy groups -OCH3 is 2. The number of ether oxygens (including phenoxy) is 2. The molecule has 0 saturated heterocycles. The number of rotatable bonds is 4. The van der Waals surface area contributed by atoms with Crippen LogP contribution in [0.15, 0.2) is 24.3 Å². The Labute approximate surface area is 124 Å². The quantitative estimate of drug-likeness (QED) is 0.813. The number of aliphatic hydroxyl groups is 2. The highest BCUT2D eigenvalue weighted by atomic mass is 16.5. The highest BCUT2D eigenvalue weighted by molar-refractivity contribution is 5.93. The van der Waals surface area contributed by atoms with Crippen molar-refractivity contribution in [2.45, 2.75) is 13.8 Å². The summed E-state index contributed by atoms with van der Waals surface area (Å²) < 4.78 is 9.02. The van der Waals surface area contributed by atoms with Gasteiger partial charge < -0.3 is 19.7 Å². The highest BCUT2D eigenvalue weighted by Crippen LogP contribution is 2.10. The number of carbonyl (C=O) groups is 2. The second-order valence-electron chi connectivity index (χ2n) is 5.04. The average molecular weight is 298 g/mol. The van der Waals surface area contributed by atoms with E-state index in [1.54, 1.807) is 13.8 Å². The summed E-state index contributed by atoms with van der Waals surface area (Å²) in [5, 5.41) is 16.9. The molecular weight excluding hydrogens is 276 g/mol. The Bertz CT molecular complexity index is 409. The Hall–Kier alpha value is -1.92. The van der Waals surface area contributed by atoms with Gasteiger partial charge in [0.25, 0.3) is 0 Å². The first kappa shape index (κ1) is 19.1. The van der Waals surface area contributed by atoms with Crippen molar-refractivity contribution in [3.05, 3.63) is 35.4 Å². The number of hydrogen-bond acceptors (Lipinski definition) is 6. The first-order chi connectivity index (χ1) is 9.81. The van der Waals surface area contributed by atoms with E-state index in [1.807, 2.05) is 0 Å². The summed E-state index contributed by atoms with van der Waals surface area (Å²) in [5.74, 6) is -0.858. The standard InChI is InChI=1S/C10H10O4.C5H12O2/c1-13-9(11)7-3-5-8(6-4-7)10(12)14-2;1-5(2,3-6)4-7/h3-6H,1-2H3;6-7H,3-4H2,1-2H3. The first-order valence-electron chi connectivity index (χ1n) is 6.29. The third kappa shape index (κ3) is 6.87. The van der Waals surface area contributed by atoms with Crippen molar-refractivity contribution < 1.29 is 29.3 Å². The fourth-order valence-corrected chi connectivity index (χ4v) is 1.03. The van der Waals surface area contributed by atoms with E-state index in [2.05, 4.69) is 9.47 Å². The lowest BCUT2D eigenvalue weighted by Gasteiger charge is -2.16. The molecule has 0 saturated carbocycles. The van der Waals surface area contributed by atoms with Crippen LogP contribution in [-0.4, -0.2) is 49.6 Å².